The summed E-state index contributed by atoms with van der Waals surface area (Å²) in [5.41, 5.74) is -0.587. The smallest absolute Gasteiger partial charge is 0.411 e. The first-order valence-electron chi connectivity index (χ1n) is 14.6. The van der Waals surface area contributed by atoms with E-state index in [1.54, 1.807) is 42.7 Å². The largest absolute Gasteiger partial charge is 0.467 e. The summed E-state index contributed by atoms with van der Waals surface area (Å²) in [6, 6.07) is 20.0. The minimum absolute atomic E-state index is 0.0535. The van der Waals surface area contributed by atoms with E-state index in [-0.39, 0.29) is 37.3 Å². The molecule has 2 fully saturated rings. The molecule has 224 valence electrons. The molecule has 0 saturated heterocycles. The summed E-state index contributed by atoms with van der Waals surface area (Å²) < 4.78 is 17.1. The molecule has 2 amide bonds. The van der Waals surface area contributed by atoms with E-state index in [0.717, 1.165) is 5.75 Å². The maximum atomic E-state index is 13.0. The first kappa shape index (κ1) is 29.7. The van der Waals surface area contributed by atoms with Crippen molar-refractivity contribution >= 4 is 17.7 Å². The van der Waals surface area contributed by atoms with Gasteiger partial charge in [-0.25, -0.2) is 4.79 Å². The Bertz CT molecular complexity index is 1330. The van der Waals surface area contributed by atoms with Crippen LogP contribution in [0.5, 0.6) is 11.5 Å². The second kappa shape index (κ2) is 12.6. The second-order valence-corrected chi connectivity index (χ2v) is 12.0. The Kier molecular flexibility index (Phi) is 8.89. The molecule has 2 aromatic carbocycles. The quantitative estimate of drug-likeness (QED) is 0.250. The highest BCUT2D eigenvalue weighted by Crippen LogP contribution is 2.61. The maximum Gasteiger partial charge on any atom is 0.411 e. The summed E-state index contributed by atoms with van der Waals surface area (Å²) in [7, 11) is 0. The molecule has 1 heterocycles. The molecule has 6 unspecified atom stereocenters. The number of furan rings is 1. The molecule has 0 aliphatic heterocycles. The lowest BCUT2D eigenvalue weighted by molar-refractivity contribution is -0.185. The van der Waals surface area contributed by atoms with Gasteiger partial charge in [0.1, 0.15) is 23.4 Å². The molecule has 6 atom stereocenters. The molecule has 2 aliphatic carbocycles. The van der Waals surface area contributed by atoms with Crippen LogP contribution in [-0.2, 0) is 16.1 Å². The highest BCUT2D eigenvalue weighted by atomic mass is 16.6. The van der Waals surface area contributed by atoms with Crippen molar-refractivity contribution in [3.05, 3.63) is 78.8 Å². The third kappa shape index (κ3) is 6.32. The predicted molar refractivity (Wildman–Crippen MR) is 157 cm³/mol. The van der Waals surface area contributed by atoms with Gasteiger partial charge >= 0.3 is 6.09 Å². The molecular formula is C33H40N2O7. The summed E-state index contributed by atoms with van der Waals surface area (Å²) in [5, 5.41) is 27.4. The van der Waals surface area contributed by atoms with Crippen molar-refractivity contribution in [2.45, 2.75) is 64.7 Å². The Labute approximate surface area is 246 Å². The number of hydrogen-bond acceptors (Lipinski definition) is 7. The monoisotopic (exact) mass is 576 g/mol. The number of fused-ring (bicyclic) bond motifs is 1. The average Bonchev–Trinajstić information content (AvgIpc) is 3.51. The topological polar surface area (TPSA) is 130 Å². The fraction of sp³-hybridized carbons (Fsp3) is 0.455. The van der Waals surface area contributed by atoms with Gasteiger partial charge < -0.3 is 29.4 Å². The van der Waals surface area contributed by atoms with Crippen LogP contribution in [0.25, 0.3) is 0 Å². The number of para-hydroxylation sites is 1. The first-order chi connectivity index (χ1) is 20.2. The lowest BCUT2D eigenvalue weighted by atomic mass is 9.46. The molecule has 5 rings (SSSR count). The molecule has 9 nitrogen and oxygen atoms in total. The van der Waals surface area contributed by atoms with Crippen LogP contribution in [0.15, 0.2) is 77.4 Å². The van der Waals surface area contributed by atoms with E-state index in [1.165, 1.54) is 0 Å². The van der Waals surface area contributed by atoms with E-state index in [2.05, 4.69) is 17.6 Å². The van der Waals surface area contributed by atoms with Crippen molar-refractivity contribution in [1.82, 2.24) is 5.32 Å². The third-order valence-corrected chi connectivity index (χ3v) is 9.45. The van der Waals surface area contributed by atoms with Gasteiger partial charge in [0, 0.05) is 17.5 Å². The molecule has 9 heteroatoms. The van der Waals surface area contributed by atoms with Gasteiger partial charge in [-0.3, -0.25) is 10.1 Å². The number of carbonyl (C=O) groups is 2. The molecule has 2 aliphatic rings. The van der Waals surface area contributed by atoms with Crippen molar-refractivity contribution in [2.24, 2.45) is 22.7 Å². The lowest BCUT2D eigenvalue weighted by Gasteiger charge is -2.60. The molecule has 4 N–H and O–H groups in total. The molecule has 0 bridgehead atoms. The van der Waals surface area contributed by atoms with Crippen LogP contribution in [0.2, 0.25) is 0 Å². The minimum Gasteiger partial charge on any atom is -0.467 e. The number of aliphatic hydroxyl groups excluding tert-OH is 2. The van der Waals surface area contributed by atoms with Gasteiger partial charge in [0.25, 0.3) is 0 Å². The molecule has 1 aromatic heterocycles. The van der Waals surface area contributed by atoms with Crippen LogP contribution in [-0.4, -0.2) is 41.0 Å². The summed E-state index contributed by atoms with van der Waals surface area (Å²) in [6.45, 7) is 4.17. The fourth-order valence-corrected chi connectivity index (χ4v) is 7.16. The standard InChI is InChI=1S/C33H40N2O7/c1-32-17-16-29(42-31(39)35-22-10-12-24(13-11-22)41-23-7-4-3-5-8-23)33(2,21-36)28(32)15-14-27(37)26(32)19-30(38)34-20-25-9-6-18-40-25/h3-13,18,26-29,36-37H,14-17,19-21H2,1-2H3,(H,34,38)(H,35,39). The highest BCUT2D eigenvalue weighted by molar-refractivity contribution is 5.84. The van der Waals surface area contributed by atoms with Gasteiger partial charge in [-0.15, -0.1) is 0 Å². The summed E-state index contributed by atoms with van der Waals surface area (Å²) in [5.74, 6) is 1.53. The molecule has 2 saturated carbocycles. The SMILES string of the molecule is CC1(CO)C(OC(=O)Nc2ccc(Oc3ccccc3)cc2)CCC2(C)C(CC(=O)NCc3ccco3)C(O)CCC12. The fourth-order valence-electron chi connectivity index (χ4n) is 7.16. The third-order valence-electron chi connectivity index (χ3n) is 9.45. The summed E-state index contributed by atoms with van der Waals surface area (Å²) in [6.07, 6.45) is 2.35. The number of nitrogens with one attached hydrogen (secondary N) is 2. The Morgan fingerprint density at radius 2 is 1.71 bits per heavy atom. The lowest BCUT2D eigenvalue weighted by Crippen LogP contribution is -2.61. The van der Waals surface area contributed by atoms with Crippen molar-refractivity contribution in [3.63, 3.8) is 0 Å². The normalized spacial score (nSPS) is 28.8. The van der Waals surface area contributed by atoms with Gasteiger partial charge in [-0.2, -0.15) is 0 Å². The van der Waals surface area contributed by atoms with Crippen LogP contribution >= 0.6 is 0 Å². The number of anilines is 1. The number of hydrogen-bond donors (Lipinski definition) is 4. The highest BCUT2D eigenvalue weighted by Gasteiger charge is 2.60. The Balaban J connectivity index is 1.21. The predicted octanol–water partition coefficient (Wildman–Crippen LogP) is 5.88. The summed E-state index contributed by atoms with van der Waals surface area (Å²) in [4.78, 5) is 25.9. The maximum absolute atomic E-state index is 13.0. The van der Waals surface area contributed by atoms with Gasteiger partial charge in [0.2, 0.25) is 5.91 Å². The number of ether oxygens (including phenoxy) is 2. The average molecular weight is 577 g/mol. The molecule has 42 heavy (non-hydrogen) atoms. The van der Waals surface area contributed by atoms with E-state index in [0.29, 0.717) is 42.9 Å². The number of carbonyl (C=O) groups excluding carboxylic acids is 2. The second-order valence-electron chi connectivity index (χ2n) is 12.0. The zero-order valence-electron chi connectivity index (χ0n) is 24.1. The van der Waals surface area contributed by atoms with Crippen LogP contribution in [0, 0.1) is 22.7 Å². The van der Waals surface area contributed by atoms with Crippen LogP contribution < -0.4 is 15.4 Å². The number of benzene rings is 2. The van der Waals surface area contributed by atoms with Crippen molar-refractivity contribution in [1.29, 1.82) is 0 Å². The molecule has 0 radical (unpaired) electrons. The Morgan fingerprint density at radius 3 is 2.40 bits per heavy atom. The van der Waals surface area contributed by atoms with Crippen molar-refractivity contribution in [3.8, 4) is 11.5 Å². The van der Waals surface area contributed by atoms with E-state index >= 15 is 0 Å². The molecular weight excluding hydrogens is 536 g/mol. The van der Waals surface area contributed by atoms with Gasteiger partial charge in [0.15, 0.2) is 0 Å². The van der Waals surface area contributed by atoms with Crippen molar-refractivity contribution in [2.75, 3.05) is 11.9 Å². The first-order valence-corrected chi connectivity index (χ1v) is 14.6. The molecule has 3 aromatic rings. The minimum atomic E-state index is -0.735. The van der Waals surface area contributed by atoms with E-state index in [4.69, 9.17) is 13.9 Å². The van der Waals surface area contributed by atoms with Crippen LogP contribution in [0.4, 0.5) is 10.5 Å². The van der Waals surface area contributed by atoms with E-state index in [1.807, 2.05) is 37.3 Å². The summed E-state index contributed by atoms with van der Waals surface area (Å²) >= 11 is 0. The van der Waals surface area contributed by atoms with Crippen LogP contribution in [0.1, 0.15) is 51.7 Å². The Hall–Kier alpha value is -3.82. The van der Waals surface area contributed by atoms with Crippen LogP contribution in [0.3, 0.4) is 0 Å². The number of amides is 2. The number of aliphatic hydroxyl groups is 2. The van der Waals surface area contributed by atoms with Gasteiger partial charge in [0.05, 0.1) is 25.5 Å². The van der Waals surface area contributed by atoms with E-state index < -0.39 is 29.1 Å². The van der Waals surface area contributed by atoms with E-state index in [9.17, 15) is 19.8 Å². The number of rotatable bonds is 9. The Morgan fingerprint density at radius 1 is 0.976 bits per heavy atom. The zero-order chi connectivity index (χ0) is 29.7. The molecule has 0 spiro atoms. The zero-order valence-corrected chi connectivity index (χ0v) is 24.1. The van der Waals surface area contributed by atoms with Gasteiger partial charge in [-0.1, -0.05) is 32.0 Å². The van der Waals surface area contributed by atoms with Crippen molar-refractivity contribution < 1.29 is 33.7 Å². The van der Waals surface area contributed by atoms with Gasteiger partial charge in [-0.05, 0) is 91.5 Å².